The first-order chi connectivity index (χ1) is 13.9. The molecule has 0 saturated heterocycles. The van der Waals surface area contributed by atoms with Crippen LogP contribution in [0.25, 0.3) is 11.2 Å². The third-order valence-electron chi connectivity index (χ3n) is 5.09. The summed E-state index contributed by atoms with van der Waals surface area (Å²) in [6, 6.07) is 6.56. The van der Waals surface area contributed by atoms with E-state index in [-0.39, 0.29) is 6.04 Å². The first-order valence-corrected chi connectivity index (χ1v) is 10.9. The van der Waals surface area contributed by atoms with Gasteiger partial charge in [-0.25, -0.2) is 14.6 Å². The molecular weight excluding hydrogens is 432 g/mol. The highest BCUT2D eigenvalue weighted by molar-refractivity contribution is 9.10. The van der Waals surface area contributed by atoms with Crippen molar-refractivity contribution in [1.82, 2.24) is 25.0 Å². The van der Waals surface area contributed by atoms with Crippen molar-refractivity contribution in [3.05, 3.63) is 34.1 Å². The molecule has 0 N–H and O–H groups in total. The van der Waals surface area contributed by atoms with Gasteiger partial charge in [-0.1, -0.05) is 32.1 Å². The number of halogens is 1. The van der Waals surface area contributed by atoms with Crippen LogP contribution >= 0.6 is 15.9 Å². The van der Waals surface area contributed by atoms with Crippen LogP contribution in [-0.2, 0) is 4.74 Å². The number of ether oxygens (including phenoxy) is 1. The van der Waals surface area contributed by atoms with Crippen LogP contribution in [0.15, 0.2) is 22.7 Å². The first-order valence-electron chi connectivity index (χ1n) is 10.1. The van der Waals surface area contributed by atoms with E-state index >= 15 is 0 Å². The summed E-state index contributed by atoms with van der Waals surface area (Å²) in [5.41, 5.74) is 3.78. The maximum absolute atomic E-state index is 5.36. The van der Waals surface area contributed by atoms with Crippen LogP contribution in [0.1, 0.15) is 57.5 Å². The van der Waals surface area contributed by atoms with Crippen molar-refractivity contribution in [2.24, 2.45) is 0 Å². The molecule has 7 nitrogen and oxygen atoms in total. The zero-order chi connectivity index (χ0) is 21.1. The summed E-state index contributed by atoms with van der Waals surface area (Å²) in [5, 5.41) is 8.86. The minimum Gasteiger partial charge on any atom is -0.382 e. The quantitative estimate of drug-likeness (QED) is 0.461. The van der Waals surface area contributed by atoms with Crippen molar-refractivity contribution >= 4 is 38.6 Å². The van der Waals surface area contributed by atoms with Crippen molar-refractivity contribution in [3.8, 4) is 0 Å². The number of hydrogen-bond donors (Lipinski definition) is 0. The molecule has 3 aromatic rings. The Morgan fingerprint density at radius 1 is 1.21 bits per heavy atom. The number of aryl methyl sites for hydroxylation is 1. The van der Waals surface area contributed by atoms with Crippen molar-refractivity contribution in [2.45, 2.75) is 53.0 Å². The molecule has 2 heterocycles. The minimum absolute atomic E-state index is 0.0827. The van der Waals surface area contributed by atoms with Crippen LogP contribution in [0.3, 0.4) is 0 Å². The topological polar surface area (TPSA) is 69.0 Å². The molecule has 29 heavy (non-hydrogen) atoms. The van der Waals surface area contributed by atoms with Gasteiger partial charge in [-0.2, -0.15) is 0 Å². The summed E-state index contributed by atoms with van der Waals surface area (Å²) < 4.78 is 8.26. The normalized spacial score (nSPS) is 12.7. The lowest BCUT2D eigenvalue weighted by Gasteiger charge is -2.24. The summed E-state index contributed by atoms with van der Waals surface area (Å²) >= 11 is 3.75. The van der Waals surface area contributed by atoms with Crippen LogP contribution in [0.4, 0.5) is 11.5 Å². The van der Waals surface area contributed by atoms with Gasteiger partial charge in [0.05, 0.1) is 18.3 Å². The van der Waals surface area contributed by atoms with Crippen molar-refractivity contribution < 1.29 is 4.74 Å². The van der Waals surface area contributed by atoms with Gasteiger partial charge in [0.2, 0.25) is 0 Å². The zero-order valence-electron chi connectivity index (χ0n) is 18.0. The molecule has 0 aliphatic carbocycles. The van der Waals surface area contributed by atoms with Crippen LogP contribution in [0.2, 0.25) is 0 Å². The van der Waals surface area contributed by atoms with E-state index in [2.05, 4.69) is 82.0 Å². The van der Waals surface area contributed by atoms with Crippen molar-refractivity contribution in [1.29, 1.82) is 0 Å². The third-order valence-corrected chi connectivity index (χ3v) is 5.73. The van der Waals surface area contributed by atoms with Gasteiger partial charge in [0.15, 0.2) is 17.0 Å². The fourth-order valence-electron chi connectivity index (χ4n) is 3.45. The highest BCUT2D eigenvalue weighted by Gasteiger charge is 2.23. The predicted octanol–water partition coefficient (Wildman–Crippen LogP) is 5.17. The van der Waals surface area contributed by atoms with Crippen LogP contribution in [0, 0.1) is 6.92 Å². The number of nitrogens with zero attached hydrogens (tertiary/aromatic N) is 6. The summed E-state index contributed by atoms with van der Waals surface area (Å²) in [5.74, 6) is 1.93. The number of benzene rings is 1. The molecule has 1 unspecified atom stereocenters. The third kappa shape index (κ3) is 4.28. The molecule has 0 aliphatic heterocycles. The van der Waals surface area contributed by atoms with Gasteiger partial charge >= 0.3 is 0 Å². The minimum atomic E-state index is 0.0827. The Hall–Kier alpha value is -2.06. The Kier molecular flexibility index (Phi) is 6.85. The molecular formula is C21H29BrN6O. The maximum atomic E-state index is 5.36. The molecule has 3 rings (SSSR count). The highest BCUT2D eigenvalue weighted by Crippen LogP contribution is 2.36. The van der Waals surface area contributed by atoms with E-state index in [0.29, 0.717) is 23.9 Å². The molecule has 2 aromatic heterocycles. The second-order valence-electron chi connectivity index (χ2n) is 7.43. The zero-order valence-corrected chi connectivity index (χ0v) is 19.6. The van der Waals surface area contributed by atoms with Gasteiger partial charge < -0.3 is 9.64 Å². The smallest absolute Gasteiger partial charge is 0.184 e. The molecule has 0 amide bonds. The second-order valence-corrected chi connectivity index (χ2v) is 8.28. The molecule has 8 heteroatoms. The average Bonchev–Trinajstić information content (AvgIpc) is 3.11. The van der Waals surface area contributed by atoms with E-state index in [4.69, 9.17) is 9.72 Å². The number of methoxy groups -OCH3 is 1. The van der Waals surface area contributed by atoms with Crippen LogP contribution in [0.5, 0.6) is 0 Å². The number of aromatic nitrogens is 5. The average molecular weight is 461 g/mol. The van der Waals surface area contributed by atoms with E-state index in [1.54, 1.807) is 7.11 Å². The Balaban J connectivity index is 2.14. The maximum Gasteiger partial charge on any atom is 0.184 e. The summed E-state index contributed by atoms with van der Waals surface area (Å²) in [6.45, 7) is 11.8. The van der Waals surface area contributed by atoms with Gasteiger partial charge in [0.1, 0.15) is 5.82 Å². The molecule has 0 aliphatic rings. The monoisotopic (exact) mass is 460 g/mol. The lowest BCUT2D eigenvalue weighted by molar-refractivity contribution is 0.148. The Labute approximate surface area is 180 Å². The SMILES string of the molecule is CCC(COC)n1nnc2c(N(CC)c3ccc(C(C)C)cc3Br)nc(C)nc21. The number of rotatable bonds is 8. The van der Waals surface area contributed by atoms with Gasteiger partial charge in [0.25, 0.3) is 0 Å². The van der Waals surface area contributed by atoms with Gasteiger partial charge in [-0.15, -0.1) is 5.10 Å². The molecule has 0 radical (unpaired) electrons. The molecule has 1 atom stereocenters. The van der Waals surface area contributed by atoms with Crippen LogP contribution < -0.4 is 4.90 Å². The number of anilines is 2. The van der Waals surface area contributed by atoms with E-state index < -0.39 is 0 Å². The largest absolute Gasteiger partial charge is 0.382 e. The Morgan fingerprint density at radius 2 is 1.97 bits per heavy atom. The molecule has 1 aromatic carbocycles. The molecule has 0 saturated carbocycles. The van der Waals surface area contributed by atoms with E-state index in [1.165, 1.54) is 5.56 Å². The lowest BCUT2D eigenvalue weighted by Crippen LogP contribution is -2.20. The van der Waals surface area contributed by atoms with E-state index in [9.17, 15) is 0 Å². The summed E-state index contributed by atoms with van der Waals surface area (Å²) in [4.78, 5) is 11.5. The fraction of sp³-hybridized carbons (Fsp3) is 0.524. The van der Waals surface area contributed by atoms with Crippen molar-refractivity contribution in [3.63, 3.8) is 0 Å². The van der Waals surface area contributed by atoms with E-state index in [0.717, 1.165) is 34.6 Å². The second kappa shape index (κ2) is 9.17. The number of hydrogen-bond acceptors (Lipinski definition) is 6. The van der Waals surface area contributed by atoms with Gasteiger partial charge in [0, 0.05) is 18.1 Å². The fourth-order valence-corrected chi connectivity index (χ4v) is 4.06. The van der Waals surface area contributed by atoms with Gasteiger partial charge in [-0.3, -0.25) is 0 Å². The Morgan fingerprint density at radius 3 is 2.55 bits per heavy atom. The molecule has 0 bridgehead atoms. The van der Waals surface area contributed by atoms with Gasteiger partial charge in [-0.05, 0) is 59.8 Å². The molecule has 0 spiro atoms. The number of fused-ring (bicyclic) bond motifs is 1. The Bertz CT molecular complexity index is 987. The summed E-state index contributed by atoms with van der Waals surface area (Å²) in [6.07, 6.45) is 0.879. The standard InChI is InChI=1S/C21H29BrN6O/c1-7-16(12-29-6)28-21-19(25-26-28)20(23-14(5)24-21)27(8-2)18-10-9-15(13(3)4)11-17(18)22/h9-11,13,16H,7-8,12H2,1-6H3. The molecule has 0 fully saturated rings. The molecule has 156 valence electrons. The predicted molar refractivity (Wildman–Crippen MR) is 120 cm³/mol. The first kappa shape index (κ1) is 21.6. The van der Waals surface area contributed by atoms with Crippen LogP contribution in [-0.4, -0.2) is 45.2 Å². The highest BCUT2D eigenvalue weighted by atomic mass is 79.9. The van der Waals surface area contributed by atoms with Crippen molar-refractivity contribution in [2.75, 3.05) is 25.2 Å². The lowest BCUT2D eigenvalue weighted by atomic mass is 10.0. The summed E-state index contributed by atoms with van der Waals surface area (Å²) in [7, 11) is 1.70. The van der Waals surface area contributed by atoms with E-state index in [1.807, 2.05) is 11.6 Å².